The maximum Gasteiger partial charge on any atom is 0.340 e. The number of carbonyl (C=O) groups excluding carboxylic acids is 1. The van der Waals surface area contributed by atoms with Crippen LogP contribution >= 0.6 is 0 Å². The van der Waals surface area contributed by atoms with Crippen molar-refractivity contribution in [2.45, 2.75) is 33.6 Å². The maximum absolute atomic E-state index is 11.9. The molecule has 1 aromatic carbocycles. The Kier molecular flexibility index (Phi) is 4.21. The Morgan fingerprint density at radius 2 is 2.20 bits per heavy atom. The van der Waals surface area contributed by atoms with Crippen LogP contribution in [0.1, 0.15) is 44.0 Å². The first-order chi connectivity index (χ1) is 9.43. The molecule has 4 nitrogen and oxygen atoms in total. The van der Waals surface area contributed by atoms with Gasteiger partial charge >= 0.3 is 5.97 Å². The molecule has 1 aliphatic heterocycles. The van der Waals surface area contributed by atoms with Gasteiger partial charge in [0, 0.05) is 24.5 Å². The van der Waals surface area contributed by atoms with Crippen LogP contribution < -0.4 is 10.6 Å². The second kappa shape index (κ2) is 5.73. The molecule has 0 unspecified atom stereocenters. The van der Waals surface area contributed by atoms with E-state index < -0.39 is 0 Å². The summed E-state index contributed by atoms with van der Waals surface area (Å²) in [5.74, 6) is -0.344. The van der Waals surface area contributed by atoms with Crippen molar-refractivity contribution in [1.29, 1.82) is 0 Å². The van der Waals surface area contributed by atoms with Gasteiger partial charge in [0.25, 0.3) is 0 Å². The molecule has 0 aromatic heterocycles. The quantitative estimate of drug-likeness (QED) is 0.681. The van der Waals surface area contributed by atoms with Crippen molar-refractivity contribution in [3.63, 3.8) is 0 Å². The summed E-state index contributed by atoms with van der Waals surface area (Å²) in [6.45, 7) is 8.74. The number of carbonyl (C=O) groups is 1. The summed E-state index contributed by atoms with van der Waals surface area (Å²) in [7, 11) is 0. The zero-order valence-corrected chi connectivity index (χ0v) is 12.6. The monoisotopic (exact) mass is 276 g/mol. The molecule has 1 saturated heterocycles. The molecule has 1 aromatic rings. The molecule has 0 saturated carbocycles. The Labute approximate surface area is 120 Å². The minimum absolute atomic E-state index is 0.309. The van der Waals surface area contributed by atoms with Crippen molar-refractivity contribution in [3.05, 3.63) is 23.8 Å². The molecule has 0 aliphatic carbocycles. The lowest BCUT2D eigenvalue weighted by Gasteiger charge is -2.39. The maximum atomic E-state index is 11.9. The zero-order valence-electron chi connectivity index (χ0n) is 12.6. The molecule has 1 heterocycles. The van der Waals surface area contributed by atoms with Crippen LogP contribution in [0.5, 0.6) is 0 Å². The van der Waals surface area contributed by atoms with Crippen LogP contribution in [-0.2, 0) is 4.74 Å². The first-order valence-corrected chi connectivity index (χ1v) is 7.24. The van der Waals surface area contributed by atoms with E-state index >= 15 is 0 Å². The van der Waals surface area contributed by atoms with Crippen LogP contribution in [0.15, 0.2) is 18.2 Å². The van der Waals surface area contributed by atoms with Gasteiger partial charge in [-0.1, -0.05) is 13.8 Å². The molecule has 1 aliphatic rings. The van der Waals surface area contributed by atoms with Gasteiger partial charge in [0.15, 0.2) is 0 Å². The Balaban J connectivity index is 2.25. The van der Waals surface area contributed by atoms with Crippen molar-refractivity contribution in [2.75, 3.05) is 30.3 Å². The Bertz CT molecular complexity index is 497. The highest BCUT2D eigenvalue weighted by Crippen LogP contribution is 2.32. The number of nitrogen functional groups attached to an aromatic ring is 1. The van der Waals surface area contributed by atoms with Crippen molar-refractivity contribution in [2.24, 2.45) is 5.41 Å². The molecular formula is C16H24N2O2. The van der Waals surface area contributed by atoms with Gasteiger partial charge in [0.2, 0.25) is 0 Å². The summed E-state index contributed by atoms with van der Waals surface area (Å²) in [5.41, 5.74) is 8.19. The number of rotatable bonds is 3. The van der Waals surface area contributed by atoms with E-state index in [0.717, 1.165) is 18.8 Å². The van der Waals surface area contributed by atoms with Gasteiger partial charge in [0.1, 0.15) is 0 Å². The topological polar surface area (TPSA) is 55.6 Å². The Hall–Kier alpha value is -1.71. The largest absolute Gasteiger partial charge is 0.462 e. The number of nitrogens with two attached hydrogens (primary N) is 1. The minimum Gasteiger partial charge on any atom is -0.462 e. The van der Waals surface area contributed by atoms with Gasteiger partial charge in [0.05, 0.1) is 12.2 Å². The van der Waals surface area contributed by atoms with Crippen LogP contribution in [0.3, 0.4) is 0 Å². The first-order valence-electron chi connectivity index (χ1n) is 7.24. The molecule has 0 amide bonds. The van der Waals surface area contributed by atoms with Crippen molar-refractivity contribution >= 4 is 17.3 Å². The molecule has 0 spiro atoms. The van der Waals surface area contributed by atoms with E-state index in [0.29, 0.717) is 23.3 Å². The molecule has 2 N–H and O–H groups in total. The van der Waals surface area contributed by atoms with Gasteiger partial charge in [-0.15, -0.1) is 0 Å². The van der Waals surface area contributed by atoms with E-state index in [1.165, 1.54) is 12.8 Å². The molecule has 0 radical (unpaired) electrons. The van der Waals surface area contributed by atoms with E-state index in [1.54, 1.807) is 13.0 Å². The number of benzene rings is 1. The number of esters is 1. The third-order valence-corrected chi connectivity index (χ3v) is 3.80. The van der Waals surface area contributed by atoms with E-state index in [-0.39, 0.29) is 5.97 Å². The fraction of sp³-hybridized carbons (Fsp3) is 0.562. The molecule has 4 heteroatoms. The Morgan fingerprint density at radius 3 is 2.85 bits per heavy atom. The standard InChI is InChI=1S/C16H24N2O2/c1-4-20-15(19)13-10-12(6-7-14(13)17)18-9-5-8-16(2,3)11-18/h6-7,10H,4-5,8-9,11,17H2,1-3H3. The number of hydrogen-bond acceptors (Lipinski definition) is 4. The van der Waals surface area contributed by atoms with Crippen molar-refractivity contribution in [1.82, 2.24) is 0 Å². The summed E-state index contributed by atoms with van der Waals surface area (Å²) in [6, 6.07) is 5.64. The smallest absolute Gasteiger partial charge is 0.340 e. The van der Waals surface area contributed by atoms with Gasteiger partial charge in [-0.3, -0.25) is 0 Å². The summed E-state index contributed by atoms with van der Waals surface area (Å²) in [4.78, 5) is 14.2. The van der Waals surface area contributed by atoms with Crippen molar-refractivity contribution in [3.8, 4) is 0 Å². The number of hydrogen-bond donors (Lipinski definition) is 1. The number of piperidine rings is 1. The highest BCUT2D eigenvalue weighted by molar-refractivity contribution is 5.96. The molecule has 0 atom stereocenters. The van der Waals surface area contributed by atoms with E-state index in [9.17, 15) is 4.79 Å². The Morgan fingerprint density at radius 1 is 1.45 bits per heavy atom. The molecule has 0 bridgehead atoms. The number of nitrogens with zero attached hydrogens (tertiary/aromatic N) is 1. The second-order valence-corrected chi connectivity index (χ2v) is 6.18. The van der Waals surface area contributed by atoms with Gasteiger partial charge < -0.3 is 15.4 Å². The molecule has 20 heavy (non-hydrogen) atoms. The SMILES string of the molecule is CCOC(=O)c1cc(N2CCCC(C)(C)C2)ccc1N. The summed E-state index contributed by atoms with van der Waals surface area (Å²) in [6.07, 6.45) is 2.41. The van der Waals surface area contributed by atoms with Gasteiger partial charge in [-0.05, 0) is 43.4 Å². The third kappa shape index (κ3) is 3.24. The summed E-state index contributed by atoms with van der Waals surface area (Å²) >= 11 is 0. The molecule has 1 fully saturated rings. The van der Waals surface area contributed by atoms with E-state index in [4.69, 9.17) is 10.5 Å². The van der Waals surface area contributed by atoms with Crippen LogP contribution in [0.2, 0.25) is 0 Å². The fourth-order valence-corrected chi connectivity index (χ4v) is 2.77. The predicted octanol–water partition coefficient (Wildman–Crippen LogP) is 3.07. The van der Waals surface area contributed by atoms with Crippen LogP contribution in [0.4, 0.5) is 11.4 Å². The lowest BCUT2D eigenvalue weighted by Crippen LogP contribution is -2.40. The predicted molar refractivity (Wildman–Crippen MR) is 82.0 cm³/mol. The van der Waals surface area contributed by atoms with E-state index in [1.807, 2.05) is 12.1 Å². The average molecular weight is 276 g/mol. The van der Waals surface area contributed by atoms with Gasteiger partial charge in [-0.2, -0.15) is 0 Å². The molecular weight excluding hydrogens is 252 g/mol. The molecule has 110 valence electrons. The first kappa shape index (κ1) is 14.7. The fourth-order valence-electron chi connectivity index (χ4n) is 2.77. The summed E-state index contributed by atoms with van der Waals surface area (Å²) < 4.78 is 5.05. The van der Waals surface area contributed by atoms with Crippen molar-refractivity contribution < 1.29 is 9.53 Å². The highest BCUT2D eigenvalue weighted by Gasteiger charge is 2.27. The molecule has 2 rings (SSSR count). The average Bonchev–Trinajstić information content (AvgIpc) is 2.38. The normalized spacial score (nSPS) is 17.9. The lowest BCUT2D eigenvalue weighted by molar-refractivity contribution is 0.0527. The lowest BCUT2D eigenvalue weighted by atomic mass is 9.84. The minimum atomic E-state index is -0.344. The number of ether oxygens (including phenoxy) is 1. The number of anilines is 2. The van der Waals surface area contributed by atoms with Gasteiger partial charge in [-0.25, -0.2) is 4.79 Å². The zero-order chi connectivity index (χ0) is 14.8. The van der Waals surface area contributed by atoms with Crippen LogP contribution in [0.25, 0.3) is 0 Å². The van der Waals surface area contributed by atoms with Crippen LogP contribution in [-0.4, -0.2) is 25.7 Å². The van der Waals surface area contributed by atoms with E-state index in [2.05, 4.69) is 18.7 Å². The second-order valence-electron chi connectivity index (χ2n) is 6.18. The summed E-state index contributed by atoms with van der Waals surface area (Å²) in [5, 5.41) is 0. The highest BCUT2D eigenvalue weighted by atomic mass is 16.5. The third-order valence-electron chi connectivity index (χ3n) is 3.80. The van der Waals surface area contributed by atoms with Crippen LogP contribution in [0, 0.1) is 5.41 Å².